The molecule has 21 heavy (non-hydrogen) atoms. The van der Waals surface area contributed by atoms with Gasteiger partial charge in [-0.3, -0.25) is 0 Å². The third kappa shape index (κ3) is 4.16. The summed E-state index contributed by atoms with van der Waals surface area (Å²) in [6.07, 6.45) is 4.01. The van der Waals surface area contributed by atoms with Crippen molar-refractivity contribution in [3.8, 4) is 5.69 Å². The van der Waals surface area contributed by atoms with Crippen LogP contribution in [0.25, 0.3) is 5.69 Å². The number of hydrogen-bond donors (Lipinski definition) is 1. The summed E-state index contributed by atoms with van der Waals surface area (Å²) in [5.41, 5.74) is 2.26. The van der Waals surface area contributed by atoms with Crippen molar-refractivity contribution >= 4 is 0 Å². The highest BCUT2D eigenvalue weighted by molar-refractivity contribution is 5.31. The minimum Gasteiger partial charge on any atom is -0.383 e. The lowest BCUT2D eigenvalue weighted by Gasteiger charge is -2.25. The fraction of sp³-hybridized carbons (Fsp3) is 0.471. The smallest absolute Gasteiger partial charge is 0.0645 e. The van der Waals surface area contributed by atoms with Crippen molar-refractivity contribution < 1.29 is 4.74 Å². The summed E-state index contributed by atoms with van der Waals surface area (Å²) in [7, 11) is 1.75. The molecule has 0 saturated carbocycles. The quantitative estimate of drug-likeness (QED) is 0.850. The summed E-state index contributed by atoms with van der Waals surface area (Å²) in [4.78, 5) is 0. The number of nitrogens with zero attached hydrogens (tertiary/aromatic N) is 2. The van der Waals surface area contributed by atoms with Crippen LogP contribution in [0, 0.1) is 5.92 Å². The van der Waals surface area contributed by atoms with Crippen LogP contribution in [-0.4, -0.2) is 29.5 Å². The van der Waals surface area contributed by atoms with Gasteiger partial charge in [0, 0.05) is 31.0 Å². The molecule has 2 unspecified atom stereocenters. The zero-order chi connectivity index (χ0) is 15.2. The first-order valence-electron chi connectivity index (χ1n) is 7.46. The van der Waals surface area contributed by atoms with Gasteiger partial charge in [-0.15, -0.1) is 0 Å². The van der Waals surface area contributed by atoms with Crippen molar-refractivity contribution in [3.63, 3.8) is 0 Å². The molecule has 4 heteroatoms. The number of para-hydroxylation sites is 1. The van der Waals surface area contributed by atoms with E-state index in [1.165, 1.54) is 5.56 Å². The molecule has 2 aromatic rings. The number of hydrogen-bond acceptors (Lipinski definition) is 3. The molecule has 0 spiro atoms. The van der Waals surface area contributed by atoms with Gasteiger partial charge in [-0.1, -0.05) is 32.0 Å². The highest BCUT2D eigenvalue weighted by atomic mass is 16.5. The molecule has 1 N–H and O–H groups in total. The first-order valence-corrected chi connectivity index (χ1v) is 7.46. The molecule has 0 aliphatic carbocycles. The van der Waals surface area contributed by atoms with Gasteiger partial charge in [0.05, 0.1) is 18.5 Å². The zero-order valence-corrected chi connectivity index (χ0v) is 13.3. The van der Waals surface area contributed by atoms with Crippen LogP contribution in [0.15, 0.2) is 42.7 Å². The van der Waals surface area contributed by atoms with Crippen LogP contribution >= 0.6 is 0 Å². The molecular weight excluding hydrogens is 262 g/mol. The van der Waals surface area contributed by atoms with Gasteiger partial charge in [0.2, 0.25) is 0 Å². The Morgan fingerprint density at radius 1 is 1.19 bits per heavy atom. The molecule has 0 bridgehead atoms. The van der Waals surface area contributed by atoms with Crippen LogP contribution in [0.5, 0.6) is 0 Å². The Morgan fingerprint density at radius 3 is 2.52 bits per heavy atom. The Kier molecular flexibility index (Phi) is 5.53. The lowest BCUT2D eigenvalue weighted by molar-refractivity contribution is 0.141. The van der Waals surface area contributed by atoms with Crippen LogP contribution in [0.1, 0.15) is 32.4 Å². The fourth-order valence-electron chi connectivity index (χ4n) is 2.31. The Hall–Kier alpha value is -1.65. The summed E-state index contributed by atoms with van der Waals surface area (Å²) >= 11 is 0. The first kappa shape index (κ1) is 15.7. The van der Waals surface area contributed by atoms with Gasteiger partial charge in [0.25, 0.3) is 0 Å². The predicted molar refractivity (Wildman–Crippen MR) is 85.6 cm³/mol. The van der Waals surface area contributed by atoms with Gasteiger partial charge in [-0.05, 0) is 25.0 Å². The second-order valence-corrected chi connectivity index (χ2v) is 5.75. The Morgan fingerprint density at radius 2 is 1.90 bits per heavy atom. The molecule has 1 aromatic heterocycles. The highest BCUT2D eigenvalue weighted by Crippen LogP contribution is 2.16. The van der Waals surface area contributed by atoms with Crippen LogP contribution in [0.2, 0.25) is 0 Å². The fourth-order valence-corrected chi connectivity index (χ4v) is 2.31. The molecule has 2 atom stereocenters. The molecule has 114 valence electrons. The number of methoxy groups -OCH3 is 1. The lowest BCUT2D eigenvalue weighted by Crippen LogP contribution is -2.39. The van der Waals surface area contributed by atoms with E-state index in [0.717, 1.165) is 12.3 Å². The van der Waals surface area contributed by atoms with Crippen molar-refractivity contribution in [2.45, 2.75) is 32.9 Å². The van der Waals surface area contributed by atoms with Crippen molar-refractivity contribution in [1.29, 1.82) is 0 Å². The highest BCUT2D eigenvalue weighted by Gasteiger charge is 2.17. The molecule has 0 aliphatic rings. The van der Waals surface area contributed by atoms with Crippen molar-refractivity contribution in [1.82, 2.24) is 15.1 Å². The second-order valence-electron chi connectivity index (χ2n) is 5.75. The van der Waals surface area contributed by atoms with Gasteiger partial charge in [-0.2, -0.15) is 5.10 Å². The average Bonchev–Trinajstić information content (AvgIpc) is 2.97. The summed E-state index contributed by atoms with van der Waals surface area (Å²) in [6.45, 7) is 7.29. The Bertz CT molecular complexity index is 536. The molecular formula is C17H25N3O. The largest absolute Gasteiger partial charge is 0.383 e. The van der Waals surface area contributed by atoms with E-state index in [9.17, 15) is 0 Å². The molecule has 1 aromatic carbocycles. The maximum atomic E-state index is 5.29. The van der Waals surface area contributed by atoms with Crippen molar-refractivity contribution in [2.75, 3.05) is 13.7 Å². The van der Waals surface area contributed by atoms with E-state index in [2.05, 4.69) is 49.5 Å². The lowest BCUT2D eigenvalue weighted by atomic mass is 10.0. The van der Waals surface area contributed by atoms with E-state index >= 15 is 0 Å². The minimum absolute atomic E-state index is 0.241. The molecule has 0 aliphatic heterocycles. The molecule has 4 nitrogen and oxygen atoms in total. The summed E-state index contributed by atoms with van der Waals surface area (Å²) in [5, 5.41) is 8.07. The monoisotopic (exact) mass is 287 g/mol. The molecule has 0 fully saturated rings. The van der Waals surface area contributed by atoms with E-state index in [0.29, 0.717) is 12.0 Å². The van der Waals surface area contributed by atoms with E-state index in [1.807, 2.05) is 29.1 Å². The van der Waals surface area contributed by atoms with Crippen LogP contribution < -0.4 is 5.32 Å². The van der Waals surface area contributed by atoms with Crippen LogP contribution in [0.3, 0.4) is 0 Å². The SMILES string of the molecule is COCC(NC(C)c1cnn(-c2ccccc2)c1)C(C)C. The van der Waals surface area contributed by atoms with Gasteiger partial charge in [-0.25, -0.2) is 4.68 Å². The number of nitrogens with one attached hydrogen (secondary N) is 1. The number of benzene rings is 1. The summed E-state index contributed by atoms with van der Waals surface area (Å²) in [6, 6.07) is 10.7. The normalized spacial score (nSPS) is 14.3. The Labute approximate surface area is 127 Å². The minimum atomic E-state index is 0.241. The third-order valence-corrected chi connectivity index (χ3v) is 3.74. The maximum absolute atomic E-state index is 5.29. The third-order valence-electron chi connectivity index (χ3n) is 3.74. The zero-order valence-electron chi connectivity index (χ0n) is 13.3. The predicted octanol–water partition coefficient (Wildman–Crippen LogP) is 3.19. The molecule has 0 saturated heterocycles. The molecule has 0 radical (unpaired) electrons. The summed E-state index contributed by atoms with van der Waals surface area (Å²) in [5.74, 6) is 0.525. The molecule has 2 rings (SSSR count). The van der Waals surface area contributed by atoms with Crippen LogP contribution in [0.4, 0.5) is 0 Å². The van der Waals surface area contributed by atoms with E-state index in [-0.39, 0.29) is 6.04 Å². The summed E-state index contributed by atoms with van der Waals surface area (Å²) < 4.78 is 7.20. The van der Waals surface area contributed by atoms with E-state index in [1.54, 1.807) is 7.11 Å². The van der Waals surface area contributed by atoms with Gasteiger partial charge in [0.15, 0.2) is 0 Å². The van der Waals surface area contributed by atoms with E-state index in [4.69, 9.17) is 4.74 Å². The second kappa shape index (κ2) is 7.38. The Balaban J connectivity index is 2.06. The molecule has 0 amide bonds. The average molecular weight is 287 g/mol. The van der Waals surface area contributed by atoms with Gasteiger partial charge >= 0.3 is 0 Å². The number of rotatable bonds is 7. The standard InChI is InChI=1S/C17H25N3O/c1-13(2)17(12-21-4)19-14(3)15-10-18-20(11-15)16-8-6-5-7-9-16/h5-11,13-14,17,19H,12H2,1-4H3. The van der Waals surface area contributed by atoms with Gasteiger partial charge < -0.3 is 10.1 Å². The van der Waals surface area contributed by atoms with Gasteiger partial charge in [0.1, 0.15) is 0 Å². The topological polar surface area (TPSA) is 39.1 Å². The number of aromatic nitrogens is 2. The number of ether oxygens (including phenoxy) is 1. The van der Waals surface area contributed by atoms with Crippen molar-refractivity contribution in [3.05, 3.63) is 48.3 Å². The van der Waals surface area contributed by atoms with Crippen LogP contribution in [-0.2, 0) is 4.74 Å². The maximum Gasteiger partial charge on any atom is 0.0645 e. The first-order chi connectivity index (χ1) is 10.1. The molecule has 1 heterocycles. The van der Waals surface area contributed by atoms with E-state index < -0.39 is 0 Å². The van der Waals surface area contributed by atoms with Crippen molar-refractivity contribution in [2.24, 2.45) is 5.92 Å².